The predicted octanol–water partition coefficient (Wildman–Crippen LogP) is 4.31. The molecule has 3 aromatic carbocycles. The van der Waals surface area contributed by atoms with Crippen molar-refractivity contribution in [2.24, 2.45) is 0 Å². The minimum absolute atomic E-state index is 0.688. The van der Waals surface area contributed by atoms with E-state index in [1.54, 1.807) is 0 Å². The third-order valence-corrected chi connectivity index (χ3v) is 3.17. The van der Waals surface area contributed by atoms with E-state index in [9.17, 15) is 0 Å². The highest BCUT2D eigenvalue weighted by atomic mass is 16.5. The molecule has 3 rings (SSSR count). The van der Waals surface area contributed by atoms with Crippen LogP contribution in [0.15, 0.2) is 72.8 Å². The fraction of sp³-hybridized carbons (Fsp3) is 0. The van der Waals surface area contributed by atoms with Gasteiger partial charge in [0.25, 0.3) is 0 Å². The molecule has 0 aliphatic heterocycles. The number of rotatable bonds is 3. The molecule has 0 saturated heterocycles. The maximum Gasteiger partial charge on any atom is 0.135 e. The molecule has 0 heterocycles. The van der Waals surface area contributed by atoms with E-state index in [-0.39, 0.29) is 0 Å². The summed E-state index contributed by atoms with van der Waals surface area (Å²) in [4.78, 5) is 0. The third-order valence-electron chi connectivity index (χ3n) is 3.17. The molecular weight excluding hydrogens is 260 g/mol. The number of nitrogens with two attached hydrogens (primary N) is 2. The monoisotopic (exact) mass is 276 g/mol. The van der Waals surface area contributed by atoms with Crippen molar-refractivity contribution in [2.45, 2.75) is 0 Å². The number of hydrogen-bond donors (Lipinski definition) is 2. The highest BCUT2D eigenvalue weighted by Crippen LogP contribution is 2.35. The van der Waals surface area contributed by atoms with E-state index < -0.39 is 0 Å². The van der Waals surface area contributed by atoms with Crippen LogP contribution in [-0.2, 0) is 0 Å². The zero-order valence-electron chi connectivity index (χ0n) is 11.5. The summed E-state index contributed by atoms with van der Waals surface area (Å²) in [5.74, 6) is 1.54. The average Bonchev–Trinajstić information content (AvgIpc) is 2.50. The minimum atomic E-state index is 0.688. The lowest BCUT2D eigenvalue weighted by Gasteiger charge is -2.12. The van der Waals surface area contributed by atoms with Crippen LogP contribution in [0.25, 0.3) is 11.1 Å². The van der Waals surface area contributed by atoms with Gasteiger partial charge in [0.15, 0.2) is 0 Å². The van der Waals surface area contributed by atoms with Gasteiger partial charge in [-0.3, -0.25) is 0 Å². The number of ether oxygens (including phenoxy) is 1. The first-order chi connectivity index (χ1) is 10.2. The SMILES string of the molecule is Nc1cccc(-c2cc(N)ccc2Oc2ccccc2)c1. The Balaban J connectivity index is 2.05. The normalized spacial score (nSPS) is 10.3. The second kappa shape index (κ2) is 5.59. The van der Waals surface area contributed by atoms with Crippen LogP contribution in [0, 0.1) is 0 Å². The van der Waals surface area contributed by atoms with E-state index in [1.807, 2.05) is 72.8 Å². The summed E-state index contributed by atoms with van der Waals surface area (Å²) in [7, 11) is 0. The first-order valence-corrected chi connectivity index (χ1v) is 6.71. The van der Waals surface area contributed by atoms with Gasteiger partial charge in [-0.05, 0) is 48.0 Å². The fourth-order valence-corrected chi connectivity index (χ4v) is 2.18. The Kier molecular flexibility index (Phi) is 3.48. The van der Waals surface area contributed by atoms with Crippen molar-refractivity contribution < 1.29 is 4.74 Å². The summed E-state index contributed by atoms with van der Waals surface area (Å²) in [5.41, 5.74) is 15.1. The molecule has 3 heteroatoms. The number of nitrogen functional groups attached to an aromatic ring is 2. The number of anilines is 2. The van der Waals surface area contributed by atoms with Gasteiger partial charge in [0.1, 0.15) is 11.5 Å². The molecule has 0 spiro atoms. The Morgan fingerprint density at radius 2 is 1.43 bits per heavy atom. The van der Waals surface area contributed by atoms with E-state index >= 15 is 0 Å². The Morgan fingerprint density at radius 1 is 0.667 bits per heavy atom. The maximum absolute atomic E-state index is 5.96. The van der Waals surface area contributed by atoms with Crippen molar-refractivity contribution in [1.29, 1.82) is 0 Å². The number of para-hydroxylation sites is 1. The van der Waals surface area contributed by atoms with Crippen LogP contribution in [0.1, 0.15) is 0 Å². The summed E-state index contributed by atoms with van der Waals surface area (Å²) in [6, 6.07) is 22.9. The van der Waals surface area contributed by atoms with Crippen LogP contribution in [-0.4, -0.2) is 0 Å². The predicted molar refractivity (Wildman–Crippen MR) is 87.2 cm³/mol. The summed E-state index contributed by atoms with van der Waals surface area (Å²) in [6.07, 6.45) is 0. The highest BCUT2D eigenvalue weighted by molar-refractivity contribution is 5.76. The Hall–Kier alpha value is -2.94. The van der Waals surface area contributed by atoms with Crippen molar-refractivity contribution in [3.05, 3.63) is 72.8 Å². The van der Waals surface area contributed by atoms with Crippen molar-refractivity contribution >= 4 is 11.4 Å². The van der Waals surface area contributed by atoms with Crippen LogP contribution in [0.5, 0.6) is 11.5 Å². The summed E-state index contributed by atoms with van der Waals surface area (Å²) in [5, 5.41) is 0. The lowest BCUT2D eigenvalue weighted by atomic mass is 10.0. The topological polar surface area (TPSA) is 61.3 Å². The molecule has 0 aliphatic rings. The molecule has 0 amide bonds. The zero-order chi connectivity index (χ0) is 14.7. The largest absolute Gasteiger partial charge is 0.457 e. The first kappa shape index (κ1) is 13.1. The molecule has 0 aromatic heterocycles. The molecule has 21 heavy (non-hydrogen) atoms. The van der Waals surface area contributed by atoms with Gasteiger partial charge in [-0.15, -0.1) is 0 Å². The lowest BCUT2D eigenvalue weighted by molar-refractivity contribution is 0.484. The Bertz CT molecular complexity index is 754. The molecule has 0 aliphatic carbocycles. The van der Waals surface area contributed by atoms with Gasteiger partial charge >= 0.3 is 0 Å². The smallest absolute Gasteiger partial charge is 0.135 e. The molecule has 3 nitrogen and oxygen atoms in total. The van der Waals surface area contributed by atoms with Crippen molar-refractivity contribution in [2.75, 3.05) is 11.5 Å². The van der Waals surface area contributed by atoms with Gasteiger partial charge < -0.3 is 16.2 Å². The summed E-state index contributed by atoms with van der Waals surface area (Å²) >= 11 is 0. The second-order valence-electron chi connectivity index (χ2n) is 4.80. The van der Waals surface area contributed by atoms with Crippen LogP contribution in [0.3, 0.4) is 0 Å². The van der Waals surface area contributed by atoms with Crippen LogP contribution >= 0.6 is 0 Å². The van der Waals surface area contributed by atoms with Crippen LogP contribution < -0.4 is 16.2 Å². The number of hydrogen-bond acceptors (Lipinski definition) is 3. The molecule has 0 fully saturated rings. The highest BCUT2D eigenvalue weighted by Gasteiger charge is 2.08. The van der Waals surface area contributed by atoms with Crippen LogP contribution in [0.4, 0.5) is 11.4 Å². The molecule has 0 bridgehead atoms. The van der Waals surface area contributed by atoms with E-state index in [1.165, 1.54) is 0 Å². The van der Waals surface area contributed by atoms with E-state index in [0.29, 0.717) is 11.4 Å². The summed E-state index contributed by atoms with van der Waals surface area (Å²) < 4.78 is 5.96. The van der Waals surface area contributed by atoms with Crippen molar-refractivity contribution in [3.63, 3.8) is 0 Å². The molecule has 4 N–H and O–H groups in total. The second-order valence-corrected chi connectivity index (χ2v) is 4.80. The van der Waals surface area contributed by atoms with Crippen molar-refractivity contribution in [3.8, 4) is 22.6 Å². The van der Waals surface area contributed by atoms with Gasteiger partial charge in [0.05, 0.1) is 0 Å². The molecule has 0 atom stereocenters. The minimum Gasteiger partial charge on any atom is -0.457 e. The van der Waals surface area contributed by atoms with E-state index in [0.717, 1.165) is 22.6 Å². The maximum atomic E-state index is 5.96. The van der Waals surface area contributed by atoms with Gasteiger partial charge in [0, 0.05) is 16.9 Å². The van der Waals surface area contributed by atoms with Crippen molar-refractivity contribution in [1.82, 2.24) is 0 Å². The first-order valence-electron chi connectivity index (χ1n) is 6.71. The van der Waals surface area contributed by atoms with Gasteiger partial charge in [0.2, 0.25) is 0 Å². The molecule has 104 valence electrons. The quantitative estimate of drug-likeness (QED) is 0.701. The molecule has 0 unspecified atom stereocenters. The zero-order valence-corrected chi connectivity index (χ0v) is 11.5. The lowest BCUT2D eigenvalue weighted by Crippen LogP contribution is -1.92. The van der Waals surface area contributed by atoms with Crippen LogP contribution in [0.2, 0.25) is 0 Å². The van der Waals surface area contributed by atoms with E-state index in [4.69, 9.17) is 16.2 Å². The number of benzene rings is 3. The Morgan fingerprint density at radius 3 is 2.19 bits per heavy atom. The molecule has 0 radical (unpaired) electrons. The van der Waals surface area contributed by atoms with Gasteiger partial charge in [-0.25, -0.2) is 0 Å². The van der Waals surface area contributed by atoms with Gasteiger partial charge in [-0.1, -0.05) is 30.3 Å². The fourth-order valence-electron chi connectivity index (χ4n) is 2.18. The average molecular weight is 276 g/mol. The molecular formula is C18H16N2O. The van der Waals surface area contributed by atoms with Gasteiger partial charge in [-0.2, -0.15) is 0 Å². The molecule has 3 aromatic rings. The molecule has 0 saturated carbocycles. The standard InChI is InChI=1S/C18H16N2O/c19-14-6-4-5-13(11-14)17-12-15(20)9-10-18(17)21-16-7-2-1-3-8-16/h1-12H,19-20H2. The Labute approximate surface area is 123 Å². The van der Waals surface area contributed by atoms with E-state index in [2.05, 4.69) is 0 Å². The summed E-state index contributed by atoms with van der Waals surface area (Å²) in [6.45, 7) is 0. The third kappa shape index (κ3) is 2.98.